The molecule has 4 nitrogen and oxygen atoms in total. The minimum atomic E-state index is 0.192. The summed E-state index contributed by atoms with van der Waals surface area (Å²) in [5, 5.41) is 0. The highest BCUT2D eigenvalue weighted by Crippen LogP contribution is 2.02. The molecule has 4 N–H and O–H groups in total. The van der Waals surface area contributed by atoms with Gasteiger partial charge in [0, 0.05) is 0 Å². The molecule has 0 atom stereocenters. The van der Waals surface area contributed by atoms with Crippen LogP contribution in [0.2, 0.25) is 0 Å². The van der Waals surface area contributed by atoms with Crippen molar-refractivity contribution in [2.75, 3.05) is 0 Å². The fraction of sp³-hybridized carbons (Fsp3) is 0. The Morgan fingerprint density at radius 3 is 2.45 bits per heavy atom. The van der Waals surface area contributed by atoms with Crippen LogP contribution in [-0.2, 0) is 4.74 Å². The van der Waals surface area contributed by atoms with Gasteiger partial charge in [0.05, 0.1) is 18.3 Å². The topological polar surface area (TPSA) is 73.6 Å². The van der Waals surface area contributed by atoms with Gasteiger partial charge < -0.3 is 16.2 Å². The van der Waals surface area contributed by atoms with E-state index in [-0.39, 0.29) is 5.88 Å². The molecule has 0 aromatic rings. The van der Waals surface area contributed by atoms with Crippen LogP contribution in [0.15, 0.2) is 42.1 Å². The van der Waals surface area contributed by atoms with Gasteiger partial charge in [-0.2, -0.15) is 0 Å². The molecule has 0 spiro atoms. The molecule has 0 aromatic carbocycles. The number of aliphatic imine (C=N–C) groups is 1. The van der Waals surface area contributed by atoms with Crippen LogP contribution in [-0.4, -0.2) is 6.34 Å². The molecule has 0 heterocycles. The molecule has 0 amide bonds. The SMILES string of the molecule is C=CO/C(N=CN)=C(\N)C=C. The van der Waals surface area contributed by atoms with Gasteiger partial charge in [0.1, 0.15) is 0 Å². The molecule has 0 unspecified atom stereocenters. The maximum Gasteiger partial charge on any atom is 0.243 e. The Morgan fingerprint density at radius 2 is 2.09 bits per heavy atom. The third-order valence-corrected chi connectivity index (χ3v) is 0.854. The molecule has 0 saturated carbocycles. The summed E-state index contributed by atoms with van der Waals surface area (Å²) < 4.78 is 4.80. The first-order valence-corrected chi connectivity index (χ1v) is 2.90. The molecule has 0 rings (SSSR count). The largest absolute Gasteiger partial charge is 0.446 e. The molecule has 0 fully saturated rings. The molecule has 4 heteroatoms. The number of allylic oxidation sites excluding steroid dienone is 1. The van der Waals surface area contributed by atoms with Gasteiger partial charge >= 0.3 is 0 Å². The van der Waals surface area contributed by atoms with Gasteiger partial charge in [0.25, 0.3) is 0 Å². The maximum absolute atomic E-state index is 5.41. The van der Waals surface area contributed by atoms with Crippen LogP contribution < -0.4 is 11.5 Å². The van der Waals surface area contributed by atoms with Gasteiger partial charge in [-0.05, 0) is 6.08 Å². The highest BCUT2D eigenvalue weighted by atomic mass is 16.5. The summed E-state index contributed by atoms with van der Waals surface area (Å²) in [6.45, 7) is 6.77. The van der Waals surface area contributed by atoms with Crippen LogP contribution >= 0.6 is 0 Å². The summed E-state index contributed by atoms with van der Waals surface area (Å²) in [7, 11) is 0. The molecule has 0 saturated heterocycles. The third-order valence-electron chi connectivity index (χ3n) is 0.854. The van der Waals surface area contributed by atoms with Crippen LogP contribution in [0.3, 0.4) is 0 Å². The summed E-state index contributed by atoms with van der Waals surface area (Å²) in [5.74, 6) is 0.192. The van der Waals surface area contributed by atoms with Crippen LogP contribution in [0.5, 0.6) is 0 Å². The van der Waals surface area contributed by atoms with E-state index in [0.717, 1.165) is 6.34 Å². The number of ether oxygens (including phenoxy) is 1. The fourth-order valence-electron chi connectivity index (χ4n) is 0.407. The molecule has 0 bridgehead atoms. The predicted molar refractivity (Wildman–Crippen MR) is 45.4 cm³/mol. The van der Waals surface area contributed by atoms with Crippen molar-refractivity contribution in [1.29, 1.82) is 0 Å². The number of nitrogens with zero attached hydrogens (tertiary/aromatic N) is 1. The lowest BCUT2D eigenvalue weighted by Crippen LogP contribution is -2.01. The third kappa shape index (κ3) is 3.10. The second-order valence-electron chi connectivity index (χ2n) is 1.53. The molecule has 60 valence electrons. The molecule has 11 heavy (non-hydrogen) atoms. The Balaban J connectivity index is 4.54. The quantitative estimate of drug-likeness (QED) is 0.266. The lowest BCUT2D eigenvalue weighted by Gasteiger charge is -2.00. The maximum atomic E-state index is 5.41. The highest BCUT2D eigenvalue weighted by molar-refractivity contribution is 5.53. The number of nitrogens with two attached hydrogens (primary N) is 2. The van der Waals surface area contributed by atoms with Gasteiger partial charge in [-0.3, -0.25) is 0 Å². The molecule has 0 aliphatic heterocycles. The molecule has 0 aliphatic carbocycles. The van der Waals surface area contributed by atoms with E-state index in [1.54, 1.807) is 0 Å². The number of hydrogen-bond donors (Lipinski definition) is 2. The Morgan fingerprint density at radius 1 is 1.45 bits per heavy atom. The zero-order valence-corrected chi connectivity index (χ0v) is 6.16. The van der Waals surface area contributed by atoms with E-state index in [4.69, 9.17) is 16.2 Å². The normalized spacial score (nSPS) is 12.4. The first kappa shape index (κ1) is 9.29. The Bertz CT molecular complexity index is 206. The van der Waals surface area contributed by atoms with Crippen molar-refractivity contribution in [2.45, 2.75) is 0 Å². The van der Waals surface area contributed by atoms with E-state index in [9.17, 15) is 0 Å². The Hall–Kier alpha value is -1.71. The number of hydrogen-bond acceptors (Lipinski definition) is 3. The minimum absolute atomic E-state index is 0.192. The van der Waals surface area contributed by atoms with E-state index in [1.165, 1.54) is 12.3 Å². The predicted octanol–water partition coefficient (Wildman–Crippen LogP) is 0.447. The van der Waals surface area contributed by atoms with Gasteiger partial charge in [-0.15, -0.1) is 0 Å². The van der Waals surface area contributed by atoms with Gasteiger partial charge in [0.2, 0.25) is 5.88 Å². The standard InChI is InChI=1S/C7H11N3O/c1-3-6(9)7(10-5-8)11-4-2/h3-5H,1-2,9H2,(H2,8,10)/b7-6-. The molecule has 0 aliphatic rings. The van der Waals surface area contributed by atoms with Crippen LogP contribution in [0.25, 0.3) is 0 Å². The fourth-order valence-corrected chi connectivity index (χ4v) is 0.407. The summed E-state index contributed by atoms with van der Waals surface area (Å²) in [5.41, 5.74) is 10.7. The Labute approximate surface area is 65.5 Å². The van der Waals surface area contributed by atoms with E-state index in [1.807, 2.05) is 0 Å². The zero-order valence-electron chi connectivity index (χ0n) is 6.16. The molecule has 0 radical (unpaired) electrons. The van der Waals surface area contributed by atoms with Crippen molar-refractivity contribution in [3.05, 3.63) is 37.1 Å². The van der Waals surface area contributed by atoms with E-state index in [0.29, 0.717) is 5.70 Å². The van der Waals surface area contributed by atoms with Crippen molar-refractivity contribution in [3.8, 4) is 0 Å². The lowest BCUT2D eigenvalue weighted by atomic mass is 10.4. The van der Waals surface area contributed by atoms with E-state index in [2.05, 4.69) is 18.2 Å². The van der Waals surface area contributed by atoms with Crippen molar-refractivity contribution in [3.63, 3.8) is 0 Å². The second-order valence-corrected chi connectivity index (χ2v) is 1.53. The summed E-state index contributed by atoms with van der Waals surface area (Å²) >= 11 is 0. The van der Waals surface area contributed by atoms with Crippen molar-refractivity contribution in [1.82, 2.24) is 0 Å². The van der Waals surface area contributed by atoms with Crippen LogP contribution in [0, 0.1) is 0 Å². The van der Waals surface area contributed by atoms with Gasteiger partial charge in [-0.25, -0.2) is 4.99 Å². The van der Waals surface area contributed by atoms with Crippen molar-refractivity contribution in [2.24, 2.45) is 16.5 Å². The second kappa shape index (κ2) is 5.10. The van der Waals surface area contributed by atoms with Gasteiger partial charge in [0.15, 0.2) is 0 Å². The highest BCUT2D eigenvalue weighted by Gasteiger charge is 1.95. The van der Waals surface area contributed by atoms with Crippen LogP contribution in [0.4, 0.5) is 0 Å². The lowest BCUT2D eigenvalue weighted by molar-refractivity contribution is 0.344. The number of rotatable bonds is 4. The monoisotopic (exact) mass is 153 g/mol. The van der Waals surface area contributed by atoms with E-state index < -0.39 is 0 Å². The van der Waals surface area contributed by atoms with Crippen LogP contribution in [0.1, 0.15) is 0 Å². The van der Waals surface area contributed by atoms with E-state index >= 15 is 0 Å². The molecular weight excluding hydrogens is 142 g/mol. The Kier molecular flexibility index (Phi) is 4.31. The first-order valence-electron chi connectivity index (χ1n) is 2.90. The molecule has 0 aromatic heterocycles. The smallest absolute Gasteiger partial charge is 0.243 e. The summed E-state index contributed by atoms with van der Waals surface area (Å²) in [6.07, 6.45) is 3.69. The van der Waals surface area contributed by atoms with Gasteiger partial charge in [-0.1, -0.05) is 13.2 Å². The van der Waals surface area contributed by atoms with Crippen molar-refractivity contribution >= 4 is 6.34 Å². The average Bonchev–Trinajstić information content (AvgIpc) is 2.03. The zero-order chi connectivity index (χ0) is 8.69. The average molecular weight is 153 g/mol. The summed E-state index contributed by atoms with van der Waals surface area (Å²) in [6, 6.07) is 0. The molecular formula is C7H11N3O. The summed E-state index contributed by atoms with van der Waals surface area (Å²) in [4.78, 5) is 3.63. The van der Waals surface area contributed by atoms with Crippen molar-refractivity contribution < 1.29 is 4.74 Å². The minimum Gasteiger partial charge on any atom is -0.446 e. The first-order chi connectivity index (χ1) is 5.26.